The first-order valence-electron chi connectivity index (χ1n) is 9.36. The van der Waals surface area contributed by atoms with Crippen LogP contribution < -0.4 is 5.73 Å². The first kappa shape index (κ1) is 17.9. The highest BCUT2D eigenvalue weighted by atomic mass is 32.2. The standard InChI is InChI=1S/C21H25N5S/c1-21(8-4-14-27-21)20(22)24-18-6-5-17-7-12-26(19(17)15-18)11-3-2-10-25-13-9-23-16-25/h4-7,9,12-16H,2-3,8,10-11H2,1H3,(H2,22,24). The Hall–Kier alpha value is -2.47. The third-order valence-electron chi connectivity index (χ3n) is 5.11. The molecule has 140 valence electrons. The van der Waals surface area contributed by atoms with Gasteiger partial charge in [-0.25, -0.2) is 9.98 Å². The maximum atomic E-state index is 6.32. The summed E-state index contributed by atoms with van der Waals surface area (Å²) in [5.41, 5.74) is 8.46. The summed E-state index contributed by atoms with van der Waals surface area (Å²) in [6.45, 7) is 4.16. The van der Waals surface area contributed by atoms with E-state index in [0.29, 0.717) is 5.84 Å². The summed E-state index contributed by atoms with van der Waals surface area (Å²) in [4.78, 5) is 8.81. The van der Waals surface area contributed by atoms with Crippen molar-refractivity contribution in [2.75, 3.05) is 0 Å². The van der Waals surface area contributed by atoms with E-state index in [-0.39, 0.29) is 4.75 Å². The smallest absolute Gasteiger partial charge is 0.116 e. The summed E-state index contributed by atoms with van der Waals surface area (Å²) in [6.07, 6.45) is 13.2. The molecule has 2 N–H and O–H groups in total. The van der Waals surface area contributed by atoms with Crippen molar-refractivity contribution in [3.05, 3.63) is 60.7 Å². The normalized spacial score (nSPS) is 20.0. The van der Waals surface area contributed by atoms with Crippen molar-refractivity contribution >= 4 is 34.2 Å². The fourth-order valence-corrected chi connectivity index (χ4v) is 4.23. The third-order valence-corrected chi connectivity index (χ3v) is 6.33. The lowest BCUT2D eigenvalue weighted by Gasteiger charge is -2.21. The van der Waals surface area contributed by atoms with Gasteiger partial charge in [0.15, 0.2) is 0 Å². The minimum Gasteiger partial charge on any atom is -0.386 e. The predicted molar refractivity (Wildman–Crippen MR) is 114 cm³/mol. The van der Waals surface area contributed by atoms with E-state index in [0.717, 1.165) is 38.0 Å². The highest BCUT2D eigenvalue weighted by Crippen LogP contribution is 2.37. The van der Waals surface area contributed by atoms with Crippen LogP contribution in [0, 0.1) is 0 Å². The number of rotatable bonds is 7. The molecule has 2 aromatic heterocycles. The lowest BCUT2D eigenvalue weighted by molar-refractivity contribution is 0.560. The molecule has 1 atom stereocenters. The monoisotopic (exact) mass is 379 g/mol. The van der Waals surface area contributed by atoms with Crippen LogP contribution in [0.15, 0.2) is 65.7 Å². The molecular formula is C21H25N5S. The van der Waals surface area contributed by atoms with Crippen LogP contribution >= 0.6 is 11.8 Å². The minimum atomic E-state index is -0.121. The SMILES string of the molecule is CC1(C(N)=Nc2ccc3ccn(CCCCn4ccnc4)c3c2)CC=CS1. The molecule has 3 aromatic rings. The Labute approximate surface area is 164 Å². The zero-order valence-corrected chi connectivity index (χ0v) is 16.4. The Balaban J connectivity index is 1.46. The molecule has 0 amide bonds. The number of nitrogens with two attached hydrogens (primary N) is 1. The van der Waals surface area contributed by atoms with Crippen molar-refractivity contribution in [1.82, 2.24) is 14.1 Å². The fraction of sp³-hybridized carbons (Fsp3) is 0.333. The number of imidazole rings is 1. The van der Waals surface area contributed by atoms with Gasteiger partial charge in [-0.2, -0.15) is 0 Å². The van der Waals surface area contributed by atoms with Gasteiger partial charge in [0.1, 0.15) is 5.84 Å². The zero-order valence-electron chi connectivity index (χ0n) is 15.6. The van der Waals surface area contributed by atoms with Gasteiger partial charge in [0.25, 0.3) is 0 Å². The molecule has 0 saturated carbocycles. The van der Waals surface area contributed by atoms with E-state index in [1.807, 2.05) is 18.7 Å². The lowest BCUT2D eigenvalue weighted by Crippen LogP contribution is -2.35. The van der Waals surface area contributed by atoms with Gasteiger partial charge in [0, 0.05) is 31.7 Å². The molecule has 4 rings (SSSR count). The number of hydrogen-bond donors (Lipinski definition) is 1. The van der Waals surface area contributed by atoms with Gasteiger partial charge >= 0.3 is 0 Å². The van der Waals surface area contributed by atoms with Gasteiger partial charge < -0.3 is 14.9 Å². The maximum Gasteiger partial charge on any atom is 0.116 e. The van der Waals surface area contributed by atoms with E-state index in [2.05, 4.69) is 63.0 Å². The Kier molecular flexibility index (Phi) is 5.07. The van der Waals surface area contributed by atoms with Gasteiger partial charge in [-0.05, 0) is 55.2 Å². The van der Waals surface area contributed by atoms with Gasteiger partial charge in [0.05, 0.1) is 22.3 Å². The van der Waals surface area contributed by atoms with Crippen molar-refractivity contribution in [3.63, 3.8) is 0 Å². The van der Waals surface area contributed by atoms with Crippen molar-refractivity contribution in [2.24, 2.45) is 10.7 Å². The molecule has 1 aliphatic heterocycles. The number of fused-ring (bicyclic) bond motifs is 1. The molecule has 27 heavy (non-hydrogen) atoms. The second kappa shape index (κ2) is 7.64. The van der Waals surface area contributed by atoms with Crippen LogP contribution in [0.2, 0.25) is 0 Å². The number of allylic oxidation sites excluding steroid dienone is 1. The molecule has 1 aromatic carbocycles. The summed E-state index contributed by atoms with van der Waals surface area (Å²) in [6, 6.07) is 8.50. The van der Waals surface area contributed by atoms with E-state index in [9.17, 15) is 0 Å². The van der Waals surface area contributed by atoms with Gasteiger partial charge in [-0.1, -0.05) is 12.1 Å². The molecule has 0 fully saturated rings. The van der Waals surface area contributed by atoms with Crippen molar-refractivity contribution in [3.8, 4) is 0 Å². The van der Waals surface area contributed by atoms with E-state index in [1.54, 1.807) is 11.8 Å². The van der Waals surface area contributed by atoms with Crippen LogP contribution in [-0.2, 0) is 13.1 Å². The van der Waals surface area contributed by atoms with Crippen LogP contribution in [0.5, 0.6) is 0 Å². The van der Waals surface area contributed by atoms with Gasteiger partial charge in [-0.3, -0.25) is 0 Å². The molecule has 0 radical (unpaired) electrons. The van der Waals surface area contributed by atoms with E-state index >= 15 is 0 Å². The first-order valence-corrected chi connectivity index (χ1v) is 10.2. The molecule has 3 heterocycles. The number of unbranched alkanes of at least 4 members (excludes halogenated alkanes) is 1. The summed E-state index contributed by atoms with van der Waals surface area (Å²) in [5.74, 6) is 0.690. The van der Waals surface area contributed by atoms with E-state index < -0.39 is 0 Å². The number of nitrogens with zero attached hydrogens (tertiary/aromatic N) is 4. The summed E-state index contributed by atoms with van der Waals surface area (Å²) in [7, 11) is 0. The molecule has 0 spiro atoms. The van der Waals surface area contributed by atoms with E-state index in [1.165, 1.54) is 10.9 Å². The molecule has 5 nitrogen and oxygen atoms in total. The summed E-state index contributed by atoms with van der Waals surface area (Å²) in [5, 5.41) is 3.35. The molecule has 1 unspecified atom stereocenters. The average molecular weight is 380 g/mol. The zero-order chi connectivity index (χ0) is 18.7. The fourth-order valence-electron chi connectivity index (χ4n) is 3.37. The van der Waals surface area contributed by atoms with Crippen molar-refractivity contribution in [1.29, 1.82) is 0 Å². The highest BCUT2D eigenvalue weighted by Gasteiger charge is 2.30. The Bertz CT molecular complexity index is 960. The summed E-state index contributed by atoms with van der Waals surface area (Å²) < 4.78 is 4.32. The number of aryl methyl sites for hydroxylation is 2. The number of benzene rings is 1. The average Bonchev–Trinajstić information content (AvgIpc) is 3.40. The Morgan fingerprint density at radius 1 is 1.26 bits per heavy atom. The highest BCUT2D eigenvalue weighted by molar-refractivity contribution is 8.04. The minimum absolute atomic E-state index is 0.121. The second-order valence-electron chi connectivity index (χ2n) is 7.18. The van der Waals surface area contributed by atoms with Crippen LogP contribution in [-0.4, -0.2) is 24.7 Å². The summed E-state index contributed by atoms with van der Waals surface area (Å²) >= 11 is 1.74. The number of aliphatic imine (C=N–C) groups is 1. The predicted octanol–water partition coefficient (Wildman–Crippen LogP) is 4.72. The lowest BCUT2D eigenvalue weighted by atomic mass is 10.1. The molecule has 0 aliphatic carbocycles. The maximum absolute atomic E-state index is 6.32. The molecule has 0 bridgehead atoms. The van der Waals surface area contributed by atoms with Crippen LogP contribution in [0.3, 0.4) is 0 Å². The van der Waals surface area contributed by atoms with E-state index in [4.69, 9.17) is 10.7 Å². The van der Waals surface area contributed by atoms with Gasteiger partial charge in [0.2, 0.25) is 0 Å². The number of amidine groups is 1. The quantitative estimate of drug-likeness (QED) is 0.367. The van der Waals surface area contributed by atoms with Gasteiger partial charge in [-0.15, -0.1) is 11.8 Å². The van der Waals surface area contributed by atoms with Crippen LogP contribution in [0.25, 0.3) is 10.9 Å². The Morgan fingerprint density at radius 2 is 2.15 bits per heavy atom. The first-order chi connectivity index (χ1) is 13.1. The van der Waals surface area contributed by atoms with Crippen LogP contribution in [0.1, 0.15) is 26.2 Å². The molecule has 6 heteroatoms. The van der Waals surface area contributed by atoms with Crippen molar-refractivity contribution in [2.45, 2.75) is 44.0 Å². The third kappa shape index (κ3) is 3.95. The second-order valence-corrected chi connectivity index (χ2v) is 8.59. The number of thioether (sulfide) groups is 1. The Morgan fingerprint density at radius 3 is 2.93 bits per heavy atom. The topological polar surface area (TPSA) is 61.1 Å². The molecule has 0 saturated heterocycles. The largest absolute Gasteiger partial charge is 0.386 e. The number of hydrogen-bond acceptors (Lipinski definition) is 3. The van der Waals surface area contributed by atoms with Crippen LogP contribution in [0.4, 0.5) is 5.69 Å². The molecular weight excluding hydrogens is 354 g/mol. The number of aromatic nitrogens is 3. The molecule has 1 aliphatic rings. The van der Waals surface area contributed by atoms with Crippen molar-refractivity contribution < 1.29 is 0 Å².